The van der Waals surface area contributed by atoms with Crippen LogP contribution in [0.25, 0.3) is 0 Å². The summed E-state index contributed by atoms with van der Waals surface area (Å²) in [5, 5.41) is 9.57. The second-order valence-electron chi connectivity index (χ2n) is 5.59. The molecule has 2 nitrogen and oxygen atoms in total. The lowest BCUT2D eigenvalue weighted by atomic mass is 9.84. The molecule has 2 heteroatoms. The van der Waals surface area contributed by atoms with Gasteiger partial charge in [0.05, 0.1) is 12.1 Å². The standard InChI is InChI=1S/C14H23NO/c1-9-6-7-11(14(3,4)5)8-12(9)13(15)10(2)16/h6-8,10,13,16H,15H2,1-5H3. The number of rotatable bonds is 2. The van der Waals surface area contributed by atoms with Crippen molar-refractivity contribution in [2.45, 2.75) is 52.2 Å². The van der Waals surface area contributed by atoms with Crippen LogP contribution in [0, 0.1) is 6.92 Å². The fourth-order valence-electron chi connectivity index (χ4n) is 1.73. The molecule has 0 saturated carbocycles. The molecule has 0 aliphatic carbocycles. The molecule has 0 spiro atoms. The summed E-state index contributed by atoms with van der Waals surface area (Å²) in [6, 6.07) is 6.03. The van der Waals surface area contributed by atoms with E-state index in [-0.39, 0.29) is 11.5 Å². The van der Waals surface area contributed by atoms with Gasteiger partial charge in [0.15, 0.2) is 0 Å². The number of aliphatic hydroxyl groups is 1. The van der Waals surface area contributed by atoms with Gasteiger partial charge in [0, 0.05) is 0 Å². The minimum atomic E-state index is -0.520. The van der Waals surface area contributed by atoms with Crippen LogP contribution in [-0.2, 0) is 5.41 Å². The summed E-state index contributed by atoms with van der Waals surface area (Å²) in [6.07, 6.45) is -0.520. The van der Waals surface area contributed by atoms with Gasteiger partial charge in [-0.15, -0.1) is 0 Å². The van der Waals surface area contributed by atoms with Gasteiger partial charge in [0.2, 0.25) is 0 Å². The molecule has 3 N–H and O–H groups in total. The van der Waals surface area contributed by atoms with Gasteiger partial charge in [-0.25, -0.2) is 0 Å². The molecule has 2 unspecified atom stereocenters. The maximum absolute atomic E-state index is 9.57. The second-order valence-corrected chi connectivity index (χ2v) is 5.59. The number of nitrogens with two attached hydrogens (primary N) is 1. The van der Waals surface area contributed by atoms with Crippen molar-refractivity contribution in [3.05, 3.63) is 34.9 Å². The first kappa shape index (κ1) is 13.2. The third-order valence-electron chi connectivity index (χ3n) is 3.02. The number of hydrogen-bond donors (Lipinski definition) is 2. The van der Waals surface area contributed by atoms with E-state index in [1.54, 1.807) is 6.92 Å². The van der Waals surface area contributed by atoms with Gasteiger partial charge in [0.25, 0.3) is 0 Å². The lowest BCUT2D eigenvalue weighted by Crippen LogP contribution is -2.25. The highest BCUT2D eigenvalue weighted by Crippen LogP contribution is 2.27. The minimum absolute atomic E-state index is 0.112. The first-order chi connectivity index (χ1) is 7.23. The Labute approximate surface area is 98.5 Å². The predicted molar refractivity (Wildman–Crippen MR) is 68.5 cm³/mol. The van der Waals surface area contributed by atoms with E-state index in [2.05, 4.69) is 39.0 Å². The van der Waals surface area contributed by atoms with Crippen LogP contribution < -0.4 is 5.73 Å². The zero-order chi connectivity index (χ0) is 12.5. The second kappa shape index (κ2) is 4.56. The van der Waals surface area contributed by atoms with Crippen molar-refractivity contribution in [1.29, 1.82) is 0 Å². The fraction of sp³-hybridized carbons (Fsp3) is 0.571. The van der Waals surface area contributed by atoms with E-state index >= 15 is 0 Å². The van der Waals surface area contributed by atoms with E-state index in [1.807, 2.05) is 6.92 Å². The van der Waals surface area contributed by atoms with E-state index in [1.165, 1.54) is 5.56 Å². The summed E-state index contributed by atoms with van der Waals surface area (Å²) in [5.74, 6) is 0. The summed E-state index contributed by atoms with van der Waals surface area (Å²) in [6.45, 7) is 10.3. The Bertz CT molecular complexity index is 363. The van der Waals surface area contributed by atoms with Crippen molar-refractivity contribution < 1.29 is 5.11 Å². The van der Waals surface area contributed by atoms with Crippen molar-refractivity contribution in [2.75, 3.05) is 0 Å². The largest absolute Gasteiger partial charge is 0.391 e. The van der Waals surface area contributed by atoms with Gasteiger partial charge in [-0.3, -0.25) is 0 Å². The van der Waals surface area contributed by atoms with Crippen LogP contribution in [0.4, 0.5) is 0 Å². The zero-order valence-electron chi connectivity index (χ0n) is 10.9. The Morgan fingerprint density at radius 3 is 2.25 bits per heavy atom. The van der Waals surface area contributed by atoms with Gasteiger partial charge < -0.3 is 10.8 Å². The van der Waals surface area contributed by atoms with Crippen molar-refractivity contribution in [1.82, 2.24) is 0 Å². The monoisotopic (exact) mass is 221 g/mol. The SMILES string of the molecule is Cc1ccc(C(C)(C)C)cc1C(N)C(C)O. The summed E-state index contributed by atoms with van der Waals surface area (Å²) in [7, 11) is 0. The first-order valence-electron chi connectivity index (χ1n) is 5.78. The van der Waals surface area contributed by atoms with Crippen LogP contribution in [-0.4, -0.2) is 11.2 Å². The molecule has 0 saturated heterocycles. The number of benzene rings is 1. The van der Waals surface area contributed by atoms with Crippen LogP contribution in [0.1, 0.15) is 50.4 Å². The van der Waals surface area contributed by atoms with Crippen molar-refractivity contribution in [3.8, 4) is 0 Å². The summed E-state index contributed by atoms with van der Waals surface area (Å²) < 4.78 is 0. The highest BCUT2D eigenvalue weighted by molar-refractivity contribution is 5.36. The average Bonchev–Trinajstić information content (AvgIpc) is 2.15. The van der Waals surface area contributed by atoms with Crippen LogP contribution in [0.2, 0.25) is 0 Å². The molecule has 0 fully saturated rings. The molecule has 90 valence electrons. The van der Waals surface area contributed by atoms with Gasteiger partial charge in [0.1, 0.15) is 0 Å². The Morgan fingerprint density at radius 1 is 1.25 bits per heavy atom. The van der Waals surface area contributed by atoms with Gasteiger partial charge in [-0.1, -0.05) is 39.0 Å². The van der Waals surface area contributed by atoms with E-state index < -0.39 is 6.10 Å². The molecule has 1 aromatic rings. The summed E-state index contributed by atoms with van der Waals surface area (Å²) in [4.78, 5) is 0. The van der Waals surface area contributed by atoms with Crippen molar-refractivity contribution in [2.24, 2.45) is 5.73 Å². The smallest absolute Gasteiger partial charge is 0.0704 e. The van der Waals surface area contributed by atoms with Crippen LogP contribution in [0.5, 0.6) is 0 Å². The molecular weight excluding hydrogens is 198 g/mol. The molecule has 0 radical (unpaired) electrons. The zero-order valence-corrected chi connectivity index (χ0v) is 10.9. The van der Waals surface area contributed by atoms with Gasteiger partial charge in [-0.2, -0.15) is 0 Å². The van der Waals surface area contributed by atoms with E-state index in [4.69, 9.17) is 5.73 Å². The molecule has 0 bridgehead atoms. The number of hydrogen-bond acceptors (Lipinski definition) is 2. The quantitative estimate of drug-likeness (QED) is 0.806. The van der Waals surface area contributed by atoms with E-state index in [0.29, 0.717) is 0 Å². The number of aliphatic hydroxyl groups excluding tert-OH is 1. The Balaban J connectivity index is 3.19. The highest BCUT2D eigenvalue weighted by atomic mass is 16.3. The van der Waals surface area contributed by atoms with Crippen molar-refractivity contribution in [3.63, 3.8) is 0 Å². The fourth-order valence-corrected chi connectivity index (χ4v) is 1.73. The highest BCUT2D eigenvalue weighted by Gasteiger charge is 2.19. The van der Waals surface area contributed by atoms with Crippen LogP contribution >= 0.6 is 0 Å². The maximum Gasteiger partial charge on any atom is 0.0704 e. The maximum atomic E-state index is 9.57. The third-order valence-corrected chi connectivity index (χ3v) is 3.02. The summed E-state index contributed by atoms with van der Waals surface area (Å²) >= 11 is 0. The number of aryl methyl sites for hydroxylation is 1. The Kier molecular flexibility index (Phi) is 3.76. The first-order valence-corrected chi connectivity index (χ1v) is 5.78. The molecular formula is C14H23NO. The third kappa shape index (κ3) is 2.83. The van der Waals surface area contributed by atoms with Gasteiger partial charge in [-0.05, 0) is 36.0 Å². The molecule has 0 amide bonds. The van der Waals surface area contributed by atoms with Crippen LogP contribution in [0.3, 0.4) is 0 Å². The Hall–Kier alpha value is -0.860. The predicted octanol–water partition coefficient (Wildman–Crippen LogP) is 2.67. The van der Waals surface area contributed by atoms with Crippen molar-refractivity contribution >= 4 is 0 Å². The molecule has 0 aromatic heterocycles. The lowest BCUT2D eigenvalue weighted by molar-refractivity contribution is 0.164. The molecule has 2 atom stereocenters. The van der Waals surface area contributed by atoms with E-state index in [0.717, 1.165) is 11.1 Å². The summed E-state index contributed by atoms with van der Waals surface area (Å²) in [5.41, 5.74) is 9.55. The lowest BCUT2D eigenvalue weighted by Gasteiger charge is -2.24. The Morgan fingerprint density at radius 2 is 1.81 bits per heavy atom. The average molecular weight is 221 g/mol. The molecule has 0 aliphatic rings. The molecule has 1 aromatic carbocycles. The minimum Gasteiger partial charge on any atom is -0.391 e. The molecule has 0 aliphatic heterocycles. The molecule has 1 rings (SSSR count). The normalized spacial score (nSPS) is 15.9. The van der Waals surface area contributed by atoms with E-state index in [9.17, 15) is 5.11 Å². The molecule has 16 heavy (non-hydrogen) atoms. The topological polar surface area (TPSA) is 46.2 Å². The van der Waals surface area contributed by atoms with Crippen LogP contribution in [0.15, 0.2) is 18.2 Å². The molecule has 0 heterocycles. The van der Waals surface area contributed by atoms with Gasteiger partial charge >= 0.3 is 0 Å².